The minimum absolute atomic E-state index is 0.151. The summed E-state index contributed by atoms with van der Waals surface area (Å²) in [5.41, 5.74) is 0.151. The van der Waals surface area contributed by atoms with Gasteiger partial charge in [0, 0.05) is 13.0 Å². The summed E-state index contributed by atoms with van der Waals surface area (Å²) in [6, 6.07) is 0. The van der Waals surface area contributed by atoms with Crippen molar-refractivity contribution in [3.63, 3.8) is 0 Å². The summed E-state index contributed by atoms with van der Waals surface area (Å²) < 4.78 is 5.57. The molecule has 14 heavy (non-hydrogen) atoms. The molecule has 0 aromatic carbocycles. The van der Waals surface area contributed by atoms with Crippen molar-refractivity contribution in [3.05, 3.63) is 0 Å². The van der Waals surface area contributed by atoms with Gasteiger partial charge in [0.15, 0.2) is 0 Å². The maximum atomic E-state index is 11.0. The molecule has 0 aromatic rings. The number of rotatable bonds is 5. The minimum Gasteiger partial charge on any atom is -0.378 e. The third-order valence-corrected chi connectivity index (χ3v) is 2.89. The van der Waals surface area contributed by atoms with Crippen molar-refractivity contribution in [1.82, 2.24) is 0 Å². The average Bonchev–Trinajstić information content (AvgIpc) is 2.50. The molecule has 82 valence electrons. The summed E-state index contributed by atoms with van der Waals surface area (Å²) >= 11 is 0. The van der Waals surface area contributed by atoms with Gasteiger partial charge in [-0.25, -0.2) is 0 Å². The van der Waals surface area contributed by atoms with Crippen molar-refractivity contribution in [2.45, 2.75) is 59.0 Å². The molecule has 0 spiro atoms. The Balaban J connectivity index is 2.23. The van der Waals surface area contributed by atoms with E-state index in [1.54, 1.807) is 6.92 Å². The smallest absolute Gasteiger partial charge is 0.130 e. The number of carbonyl (C=O) groups is 1. The molecule has 1 heterocycles. The summed E-state index contributed by atoms with van der Waals surface area (Å²) in [6.07, 6.45) is 5.77. The standard InChI is InChI=1S/C12H22O2/c1-10(13)9-12(2,3)7-6-11-5-4-8-14-11/h11H,4-9H2,1-3H3. The van der Waals surface area contributed by atoms with Crippen molar-refractivity contribution in [2.24, 2.45) is 5.41 Å². The Morgan fingerprint density at radius 3 is 2.71 bits per heavy atom. The second kappa shape index (κ2) is 4.92. The van der Waals surface area contributed by atoms with Gasteiger partial charge in [0.25, 0.3) is 0 Å². The zero-order chi connectivity index (χ0) is 10.6. The molecule has 0 N–H and O–H groups in total. The summed E-state index contributed by atoms with van der Waals surface area (Å²) in [4.78, 5) is 11.0. The molecule has 1 aliphatic heterocycles. The Bertz CT molecular complexity index is 190. The topological polar surface area (TPSA) is 26.3 Å². The van der Waals surface area contributed by atoms with E-state index in [-0.39, 0.29) is 5.41 Å². The number of ether oxygens (including phenoxy) is 1. The first-order valence-electron chi connectivity index (χ1n) is 5.61. The number of hydrogen-bond donors (Lipinski definition) is 0. The fourth-order valence-electron chi connectivity index (χ4n) is 2.19. The Morgan fingerprint density at radius 1 is 1.50 bits per heavy atom. The predicted octanol–water partition coefficient (Wildman–Crippen LogP) is 2.95. The monoisotopic (exact) mass is 198 g/mol. The van der Waals surface area contributed by atoms with E-state index in [1.165, 1.54) is 12.8 Å². The second-order valence-electron chi connectivity index (χ2n) is 5.22. The Kier molecular flexibility index (Phi) is 4.11. The summed E-state index contributed by atoms with van der Waals surface area (Å²) in [7, 11) is 0. The van der Waals surface area contributed by atoms with Crippen LogP contribution in [-0.2, 0) is 9.53 Å². The molecule has 0 aliphatic carbocycles. The highest BCUT2D eigenvalue weighted by Crippen LogP contribution is 2.30. The van der Waals surface area contributed by atoms with Gasteiger partial charge in [-0.15, -0.1) is 0 Å². The van der Waals surface area contributed by atoms with Crippen LogP contribution in [0.25, 0.3) is 0 Å². The van der Waals surface area contributed by atoms with Gasteiger partial charge in [0.1, 0.15) is 5.78 Å². The SMILES string of the molecule is CC(=O)CC(C)(C)CCC1CCCO1. The average molecular weight is 198 g/mol. The lowest BCUT2D eigenvalue weighted by atomic mass is 9.82. The highest BCUT2D eigenvalue weighted by atomic mass is 16.5. The van der Waals surface area contributed by atoms with E-state index in [2.05, 4.69) is 13.8 Å². The van der Waals surface area contributed by atoms with E-state index < -0.39 is 0 Å². The van der Waals surface area contributed by atoms with E-state index in [0.29, 0.717) is 18.3 Å². The van der Waals surface area contributed by atoms with Crippen LogP contribution in [0, 0.1) is 5.41 Å². The van der Waals surface area contributed by atoms with Gasteiger partial charge in [0.2, 0.25) is 0 Å². The van der Waals surface area contributed by atoms with Crippen LogP contribution in [0.1, 0.15) is 52.9 Å². The van der Waals surface area contributed by atoms with Gasteiger partial charge < -0.3 is 9.53 Å². The van der Waals surface area contributed by atoms with Crippen LogP contribution < -0.4 is 0 Å². The van der Waals surface area contributed by atoms with E-state index in [4.69, 9.17) is 4.74 Å². The van der Waals surface area contributed by atoms with Crippen LogP contribution >= 0.6 is 0 Å². The van der Waals surface area contributed by atoms with Gasteiger partial charge in [-0.3, -0.25) is 0 Å². The lowest BCUT2D eigenvalue weighted by molar-refractivity contribution is -0.119. The van der Waals surface area contributed by atoms with Crippen molar-refractivity contribution in [2.75, 3.05) is 6.61 Å². The summed E-state index contributed by atoms with van der Waals surface area (Å²) in [5.74, 6) is 0.294. The molecule has 1 atom stereocenters. The molecular formula is C12H22O2. The second-order valence-corrected chi connectivity index (χ2v) is 5.22. The first kappa shape index (κ1) is 11.7. The molecule has 0 bridgehead atoms. The van der Waals surface area contributed by atoms with E-state index >= 15 is 0 Å². The molecule has 0 saturated carbocycles. The largest absolute Gasteiger partial charge is 0.378 e. The molecule has 0 amide bonds. The van der Waals surface area contributed by atoms with Gasteiger partial charge in [-0.2, -0.15) is 0 Å². The van der Waals surface area contributed by atoms with Crippen LogP contribution in [0.4, 0.5) is 0 Å². The third kappa shape index (κ3) is 4.23. The quantitative estimate of drug-likeness (QED) is 0.679. The summed E-state index contributed by atoms with van der Waals surface area (Å²) in [5, 5.41) is 0. The highest BCUT2D eigenvalue weighted by Gasteiger charge is 2.23. The van der Waals surface area contributed by atoms with E-state index in [1.807, 2.05) is 0 Å². The Labute approximate surface area is 87.0 Å². The first-order chi connectivity index (χ1) is 6.49. The fraction of sp³-hybridized carbons (Fsp3) is 0.917. The van der Waals surface area contributed by atoms with Gasteiger partial charge >= 0.3 is 0 Å². The first-order valence-corrected chi connectivity index (χ1v) is 5.61. The number of hydrogen-bond acceptors (Lipinski definition) is 2. The molecule has 1 fully saturated rings. The van der Waals surface area contributed by atoms with E-state index in [9.17, 15) is 4.79 Å². The van der Waals surface area contributed by atoms with Crippen LogP contribution in [0.15, 0.2) is 0 Å². The highest BCUT2D eigenvalue weighted by molar-refractivity contribution is 5.76. The molecule has 1 rings (SSSR count). The molecule has 1 aliphatic rings. The maximum absolute atomic E-state index is 11.0. The lowest BCUT2D eigenvalue weighted by Gasteiger charge is -2.24. The Hall–Kier alpha value is -0.370. The van der Waals surface area contributed by atoms with Crippen molar-refractivity contribution in [1.29, 1.82) is 0 Å². The normalized spacial score (nSPS) is 22.6. The van der Waals surface area contributed by atoms with Crippen molar-refractivity contribution >= 4 is 5.78 Å². The van der Waals surface area contributed by atoms with Crippen molar-refractivity contribution < 1.29 is 9.53 Å². The van der Waals surface area contributed by atoms with Crippen LogP contribution in [-0.4, -0.2) is 18.5 Å². The molecule has 2 nitrogen and oxygen atoms in total. The number of carbonyl (C=O) groups excluding carboxylic acids is 1. The van der Waals surface area contributed by atoms with Crippen LogP contribution in [0.2, 0.25) is 0 Å². The zero-order valence-corrected chi connectivity index (χ0v) is 9.64. The number of ketones is 1. The molecule has 2 heteroatoms. The molecule has 0 aromatic heterocycles. The molecule has 1 unspecified atom stereocenters. The van der Waals surface area contributed by atoms with E-state index in [0.717, 1.165) is 19.4 Å². The zero-order valence-electron chi connectivity index (χ0n) is 9.64. The summed E-state index contributed by atoms with van der Waals surface area (Å²) in [6.45, 7) is 6.94. The molecule has 1 saturated heterocycles. The fourth-order valence-corrected chi connectivity index (χ4v) is 2.19. The van der Waals surface area contributed by atoms with Crippen LogP contribution in [0.5, 0.6) is 0 Å². The third-order valence-electron chi connectivity index (χ3n) is 2.89. The predicted molar refractivity (Wildman–Crippen MR) is 57.3 cm³/mol. The van der Waals surface area contributed by atoms with Crippen molar-refractivity contribution in [3.8, 4) is 0 Å². The van der Waals surface area contributed by atoms with Gasteiger partial charge in [-0.05, 0) is 38.0 Å². The van der Waals surface area contributed by atoms with Gasteiger partial charge in [0.05, 0.1) is 6.10 Å². The molecular weight excluding hydrogens is 176 g/mol. The maximum Gasteiger partial charge on any atom is 0.130 e. The molecule has 0 radical (unpaired) electrons. The van der Waals surface area contributed by atoms with Gasteiger partial charge in [-0.1, -0.05) is 13.8 Å². The van der Waals surface area contributed by atoms with Crippen LogP contribution in [0.3, 0.4) is 0 Å². The minimum atomic E-state index is 0.151. The Morgan fingerprint density at radius 2 is 2.21 bits per heavy atom. The lowest BCUT2D eigenvalue weighted by Crippen LogP contribution is -2.18. The number of Topliss-reactive ketones (excluding diaryl/α,β-unsaturated/α-hetero) is 1.